The number of ether oxygens (including phenoxy) is 1. The lowest BCUT2D eigenvalue weighted by Gasteiger charge is -2.32. The van der Waals surface area contributed by atoms with Gasteiger partial charge in [0.1, 0.15) is 0 Å². The maximum absolute atomic E-state index is 12.1. The molecule has 0 aliphatic carbocycles. The van der Waals surface area contributed by atoms with Gasteiger partial charge in [-0.1, -0.05) is 6.92 Å². The molecule has 2 fully saturated rings. The normalized spacial score (nSPS) is 21.2. The van der Waals surface area contributed by atoms with Crippen molar-refractivity contribution < 1.29 is 14.3 Å². The quantitative estimate of drug-likeness (QED) is 0.838. The van der Waals surface area contributed by atoms with Gasteiger partial charge in [-0.25, -0.2) is 4.79 Å². The van der Waals surface area contributed by atoms with Crippen molar-refractivity contribution in [3.8, 4) is 0 Å². The highest BCUT2D eigenvalue weighted by Crippen LogP contribution is 2.16. The number of nitrogens with one attached hydrogen (secondary N) is 1. The summed E-state index contributed by atoms with van der Waals surface area (Å²) < 4.78 is 5.01. The second-order valence-corrected chi connectivity index (χ2v) is 6.80. The molecule has 2 heterocycles. The van der Waals surface area contributed by atoms with Gasteiger partial charge >= 0.3 is 6.09 Å². The molecule has 0 radical (unpaired) electrons. The molecule has 2 saturated heterocycles. The summed E-state index contributed by atoms with van der Waals surface area (Å²) >= 11 is 0. The van der Waals surface area contributed by atoms with E-state index >= 15 is 0 Å². The largest absolute Gasteiger partial charge is 0.450 e. The molecule has 23 heavy (non-hydrogen) atoms. The van der Waals surface area contributed by atoms with Crippen LogP contribution in [-0.4, -0.2) is 67.2 Å². The standard InChI is InChI=1S/C17H31N3O3/c1-3-23-17(22)20-12-6-15(7-13-20)18-16(21)8-11-19-9-4-14(2)5-10-19/h14-15H,3-13H2,1-2H3,(H,18,21). The van der Waals surface area contributed by atoms with Crippen molar-refractivity contribution in [3.05, 3.63) is 0 Å². The topological polar surface area (TPSA) is 61.9 Å². The van der Waals surface area contributed by atoms with Gasteiger partial charge in [-0.15, -0.1) is 0 Å². The average Bonchev–Trinajstić information content (AvgIpc) is 2.55. The number of carbonyl (C=O) groups excluding carboxylic acids is 2. The summed E-state index contributed by atoms with van der Waals surface area (Å²) in [6.45, 7) is 8.94. The van der Waals surface area contributed by atoms with Crippen LogP contribution in [0.25, 0.3) is 0 Å². The molecule has 0 atom stereocenters. The Hall–Kier alpha value is -1.30. The van der Waals surface area contributed by atoms with Crippen LogP contribution in [0.4, 0.5) is 4.79 Å². The molecule has 0 aromatic rings. The van der Waals surface area contributed by atoms with Crippen LogP contribution in [0.3, 0.4) is 0 Å². The lowest BCUT2D eigenvalue weighted by molar-refractivity contribution is -0.122. The van der Waals surface area contributed by atoms with Gasteiger partial charge in [-0.05, 0) is 51.6 Å². The first-order valence-electron chi connectivity index (χ1n) is 9.02. The van der Waals surface area contributed by atoms with Crippen LogP contribution >= 0.6 is 0 Å². The van der Waals surface area contributed by atoms with E-state index in [1.54, 1.807) is 4.90 Å². The number of hydrogen-bond donors (Lipinski definition) is 1. The molecule has 0 spiro atoms. The molecule has 2 aliphatic rings. The van der Waals surface area contributed by atoms with Crippen LogP contribution in [0, 0.1) is 5.92 Å². The van der Waals surface area contributed by atoms with Gasteiger partial charge < -0.3 is 19.9 Å². The lowest BCUT2D eigenvalue weighted by Crippen LogP contribution is -2.47. The molecule has 2 amide bonds. The van der Waals surface area contributed by atoms with Crippen LogP contribution in [0.2, 0.25) is 0 Å². The monoisotopic (exact) mass is 325 g/mol. The van der Waals surface area contributed by atoms with Gasteiger partial charge in [0.2, 0.25) is 5.91 Å². The summed E-state index contributed by atoms with van der Waals surface area (Å²) in [7, 11) is 0. The Morgan fingerprint density at radius 2 is 1.74 bits per heavy atom. The van der Waals surface area contributed by atoms with Crippen LogP contribution in [0.5, 0.6) is 0 Å². The molecule has 132 valence electrons. The van der Waals surface area contributed by atoms with E-state index in [9.17, 15) is 9.59 Å². The van der Waals surface area contributed by atoms with Crippen molar-refractivity contribution in [1.82, 2.24) is 15.1 Å². The van der Waals surface area contributed by atoms with Gasteiger partial charge in [-0.3, -0.25) is 4.79 Å². The summed E-state index contributed by atoms with van der Waals surface area (Å²) in [5.41, 5.74) is 0. The molecule has 2 rings (SSSR count). The first-order chi connectivity index (χ1) is 11.1. The Kier molecular flexibility index (Phi) is 7.15. The fourth-order valence-corrected chi connectivity index (χ4v) is 3.27. The molecule has 0 aromatic heterocycles. The summed E-state index contributed by atoms with van der Waals surface area (Å²) in [5, 5.41) is 3.11. The molecule has 6 nitrogen and oxygen atoms in total. The van der Waals surface area contributed by atoms with E-state index in [-0.39, 0.29) is 18.0 Å². The SMILES string of the molecule is CCOC(=O)N1CCC(NC(=O)CCN2CCC(C)CC2)CC1. The van der Waals surface area contributed by atoms with Crippen LogP contribution in [0.15, 0.2) is 0 Å². The highest BCUT2D eigenvalue weighted by Gasteiger charge is 2.24. The minimum Gasteiger partial charge on any atom is -0.450 e. The molecule has 0 unspecified atom stereocenters. The Bertz CT molecular complexity index is 387. The van der Waals surface area contributed by atoms with Crippen LogP contribution in [-0.2, 0) is 9.53 Å². The van der Waals surface area contributed by atoms with Crippen molar-refractivity contribution in [2.24, 2.45) is 5.92 Å². The highest BCUT2D eigenvalue weighted by atomic mass is 16.6. The first kappa shape index (κ1) is 18.0. The maximum Gasteiger partial charge on any atom is 0.409 e. The number of likely N-dealkylation sites (tertiary alicyclic amines) is 2. The van der Waals surface area contributed by atoms with Gasteiger partial charge in [0.25, 0.3) is 0 Å². The summed E-state index contributed by atoms with van der Waals surface area (Å²) in [5.74, 6) is 0.961. The van der Waals surface area contributed by atoms with E-state index in [0.29, 0.717) is 26.1 Å². The summed E-state index contributed by atoms with van der Waals surface area (Å²) in [6.07, 6.45) is 4.45. The second kappa shape index (κ2) is 9.11. The van der Waals surface area contributed by atoms with Gasteiger partial charge in [0, 0.05) is 32.1 Å². The lowest BCUT2D eigenvalue weighted by atomic mass is 9.99. The third-order valence-electron chi connectivity index (χ3n) is 4.92. The third kappa shape index (κ3) is 6.01. The van der Waals surface area contributed by atoms with E-state index in [2.05, 4.69) is 17.1 Å². The van der Waals surface area contributed by atoms with Crippen molar-refractivity contribution in [2.45, 2.75) is 52.0 Å². The van der Waals surface area contributed by atoms with Crippen molar-refractivity contribution in [3.63, 3.8) is 0 Å². The second-order valence-electron chi connectivity index (χ2n) is 6.80. The third-order valence-corrected chi connectivity index (χ3v) is 4.92. The molecule has 2 aliphatic heterocycles. The molecular formula is C17H31N3O3. The van der Waals surface area contributed by atoms with Gasteiger partial charge in [0.15, 0.2) is 0 Å². The number of piperidine rings is 2. The number of amides is 2. The number of rotatable bonds is 5. The van der Waals surface area contributed by atoms with E-state index in [0.717, 1.165) is 38.4 Å². The number of carbonyl (C=O) groups is 2. The molecule has 6 heteroatoms. The van der Waals surface area contributed by atoms with Crippen molar-refractivity contribution in [2.75, 3.05) is 39.3 Å². The summed E-state index contributed by atoms with van der Waals surface area (Å²) in [4.78, 5) is 27.8. The molecule has 1 N–H and O–H groups in total. The Morgan fingerprint density at radius 1 is 1.09 bits per heavy atom. The van der Waals surface area contributed by atoms with Gasteiger partial charge in [0.05, 0.1) is 6.61 Å². The number of hydrogen-bond acceptors (Lipinski definition) is 4. The fourth-order valence-electron chi connectivity index (χ4n) is 3.27. The highest BCUT2D eigenvalue weighted by molar-refractivity contribution is 5.76. The minimum atomic E-state index is -0.239. The van der Waals surface area contributed by atoms with Crippen molar-refractivity contribution in [1.29, 1.82) is 0 Å². The molecular weight excluding hydrogens is 294 g/mol. The van der Waals surface area contributed by atoms with E-state index in [4.69, 9.17) is 4.74 Å². The maximum atomic E-state index is 12.1. The Morgan fingerprint density at radius 3 is 2.35 bits per heavy atom. The van der Waals surface area contributed by atoms with Crippen LogP contribution in [0.1, 0.15) is 46.0 Å². The number of nitrogens with zero attached hydrogens (tertiary/aromatic N) is 2. The van der Waals surface area contributed by atoms with Gasteiger partial charge in [-0.2, -0.15) is 0 Å². The zero-order valence-corrected chi connectivity index (χ0v) is 14.6. The average molecular weight is 325 g/mol. The molecule has 0 aromatic carbocycles. The first-order valence-corrected chi connectivity index (χ1v) is 9.02. The Labute approximate surface area is 139 Å². The Balaban J connectivity index is 1.60. The van der Waals surface area contributed by atoms with Crippen molar-refractivity contribution >= 4 is 12.0 Å². The fraction of sp³-hybridized carbons (Fsp3) is 0.882. The van der Waals surface area contributed by atoms with Crippen LogP contribution < -0.4 is 5.32 Å². The van der Waals surface area contributed by atoms with E-state index < -0.39 is 0 Å². The minimum absolute atomic E-state index is 0.137. The summed E-state index contributed by atoms with van der Waals surface area (Å²) in [6, 6.07) is 0.189. The smallest absolute Gasteiger partial charge is 0.409 e. The predicted octanol–water partition coefficient (Wildman–Crippen LogP) is 1.85. The zero-order valence-electron chi connectivity index (χ0n) is 14.6. The van der Waals surface area contributed by atoms with E-state index in [1.807, 2.05) is 6.92 Å². The zero-order chi connectivity index (χ0) is 16.7. The van der Waals surface area contributed by atoms with E-state index in [1.165, 1.54) is 12.8 Å². The molecule has 0 bridgehead atoms. The molecule has 0 saturated carbocycles. The predicted molar refractivity (Wildman–Crippen MR) is 89.2 cm³/mol.